The number of anilines is 2. The van der Waals surface area contributed by atoms with Gasteiger partial charge in [0.05, 0.1) is 10.9 Å². The number of halogens is 1. The van der Waals surface area contributed by atoms with Gasteiger partial charge in [-0.2, -0.15) is 0 Å². The molecule has 0 spiro atoms. The number of nitrogens with one attached hydrogen (secondary N) is 1. The van der Waals surface area contributed by atoms with Crippen LogP contribution < -0.4 is 10.5 Å². The largest absolute Gasteiger partial charge is 0.345 e. The first-order chi connectivity index (χ1) is 10.0. The summed E-state index contributed by atoms with van der Waals surface area (Å²) in [6.07, 6.45) is 0. The standard InChI is InChI=1S/C16H14FN3O/c1-10-18-15-8-7-13(9-14(15)16(21)19-10)20(2)12-5-3-11(17)4-6-12/h3-9H,1-2H3,(H,18,19,21). The molecule has 0 aliphatic heterocycles. The lowest BCUT2D eigenvalue weighted by Gasteiger charge is -2.19. The van der Waals surface area contributed by atoms with E-state index >= 15 is 0 Å². The molecule has 4 nitrogen and oxygen atoms in total. The maximum Gasteiger partial charge on any atom is 0.258 e. The van der Waals surface area contributed by atoms with Gasteiger partial charge in [-0.15, -0.1) is 0 Å². The van der Waals surface area contributed by atoms with Gasteiger partial charge in [0.15, 0.2) is 0 Å². The van der Waals surface area contributed by atoms with Crippen molar-refractivity contribution in [1.82, 2.24) is 9.97 Å². The Morgan fingerprint density at radius 3 is 2.48 bits per heavy atom. The maximum atomic E-state index is 13.0. The summed E-state index contributed by atoms with van der Waals surface area (Å²) in [5.41, 5.74) is 2.18. The summed E-state index contributed by atoms with van der Waals surface area (Å²) in [6.45, 7) is 1.75. The van der Waals surface area contributed by atoms with Crippen LogP contribution in [0.25, 0.3) is 10.9 Å². The first-order valence-corrected chi connectivity index (χ1v) is 6.54. The van der Waals surface area contributed by atoms with E-state index in [1.165, 1.54) is 12.1 Å². The quantitative estimate of drug-likeness (QED) is 0.786. The van der Waals surface area contributed by atoms with E-state index in [1.807, 2.05) is 24.1 Å². The summed E-state index contributed by atoms with van der Waals surface area (Å²) in [6, 6.07) is 11.7. The van der Waals surface area contributed by atoms with E-state index in [0.717, 1.165) is 11.4 Å². The average Bonchev–Trinajstić information content (AvgIpc) is 2.47. The SMILES string of the molecule is Cc1nc2ccc(N(C)c3ccc(F)cc3)cc2c(=O)[nH]1. The number of benzene rings is 2. The molecule has 0 saturated carbocycles. The molecule has 0 aliphatic rings. The van der Waals surface area contributed by atoms with E-state index in [1.54, 1.807) is 25.1 Å². The Hall–Kier alpha value is -2.69. The van der Waals surface area contributed by atoms with Gasteiger partial charge in [0, 0.05) is 18.4 Å². The Labute approximate surface area is 120 Å². The van der Waals surface area contributed by atoms with Crippen LogP contribution in [0.2, 0.25) is 0 Å². The Bertz CT molecular complexity index is 856. The van der Waals surface area contributed by atoms with Crippen LogP contribution in [-0.2, 0) is 0 Å². The third kappa shape index (κ3) is 2.50. The number of H-pyrrole nitrogens is 1. The van der Waals surface area contributed by atoms with Crippen LogP contribution in [0.1, 0.15) is 5.82 Å². The fourth-order valence-electron chi connectivity index (χ4n) is 2.27. The molecular formula is C16H14FN3O. The number of fused-ring (bicyclic) bond motifs is 1. The molecule has 0 radical (unpaired) electrons. The van der Waals surface area contributed by atoms with E-state index in [2.05, 4.69) is 9.97 Å². The van der Waals surface area contributed by atoms with E-state index < -0.39 is 0 Å². The van der Waals surface area contributed by atoms with Gasteiger partial charge in [0.2, 0.25) is 0 Å². The van der Waals surface area contributed by atoms with Gasteiger partial charge in [-0.1, -0.05) is 0 Å². The third-order valence-electron chi connectivity index (χ3n) is 3.41. The number of hydrogen-bond donors (Lipinski definition) is 1. The highest BCUT2D eigenvalue weighted by Crippen LogP contribution is 2.25. The number of aromatic nitrogens is 2. The molecule has 0 bridgehead atoms. The van der Waals surface area contributed by atoms with Crippen molar-refractivity contribution in [3.8, 4) is 0 Å². The Balaban J connectivity index is 2.08. The zero-order valence-electron chi connectivity index (χ0n) is 11.7. The lowest BCUT2D eigenvalue weighted by molar-refractivity contribution is 0.628. The van der Waals surface area contributed by atoms with E-state index in [0.29, 0.717) is 16.7 Å². The molecule has 2 aromatic carbocycles. The third-order valence-corrected chi connectivity index (χ3v) is 3.41. The number of nitrogens with zero attached hydrogens (tertiary/aromatic N) is 2. The summed E-state index contributed by atoms with van der Waals surface area (Å²) in [4.78, 5) is 20.9. The molecule has 3 rings (SSSR count). The minimum Gasteiger partial charge on any atom is -0.345 e. The van der Waals surface area contributed by atoms with Crippen LogP contribution in [0.3, 0.4) is 0 Å². The van der Waals surface area contributed by atoms with E-state index in [-0.39, 0.29) is 11.4 Å². The van der Waals surface area contributed by atoms with Gasteiger partial charge >= 0.3 is 0 Å². The van der Waals surface area contributed by atoms with Crippen molar-refractivity contribution in [3.63, 3.8) is 0 Å². The molecule has 0 aliphatic carbocycles. The zero-order valence-corrected chi connectivity index (χ0v) is 11.7. The predicted molar refractivity (Wildman–Crippen MR) is 81.6 cm³/mol. The second-order valence-electron chi connectivity index (χ2n) is 4.89. The monoisotopic (exact) mass is 283 g/mol. The number of rotatable bonds is 2. The van der Waals surface area contributed by atoms with Crippen LogP contribution >= 0.6 is 0 Å². The molecule has 1 N–H and O–H groups in total. The van der Waals surface area contributed by atoms with Gasteiger partial charge in [-0.3, -0.25) is 4.79 Å². The Morgan fingerprint density at radius 1 is 1.10 bits per heavy atom. The molecule has 0 saturated heterocycles. The van der Waals surface area contributed by atoms with Crippen molar-refractivity contribution in [2.24, 2.45) is 0 Å². The number of aromatic amines is 1. The molecule has 0 amide bonds. The molecule has 3 aromatic rings. The van der Waals surface area contributed by atoms with Gasteiger partial charge < -0.3 is 9.88 Å². The fourth-order valence-corrected chi connectivity index (χ4v) is 2.27. The van der Waals surface area contributed by atoms with E-state index in [9.17, 15) is 9.18 Å². The van der Waals surface area contributed by atoms with Gasteiger partial charge in [-0.05, 0) is 49.4 Å². The van der Waals surface area contributed by atoms with Gasteiger partial charge in [-0.25, -0.2) is 9.37 Å². The smallest absolute Gasteiger partial charge is 0.258 e. The van der Waals surface area contributed by atoms with Crippen LogP contribution in [-0.4, -0.2) is 17.0 Å². The molecule has 0 fully saturated rings. The van der Waals surface area contributed by atoms with Crippen molar-refractivity contribution in [2.45, 2.75) is 6.92 Å². The highest BCUT2D eigenvalue weighted by atomic mass is 19.1. The van der Waals surface area contributed by atoms with E-state index in [4.69, 9.17) is 0 Å². The van der Waals surface area contributed by atoms with Crippen LogP contribution in [0.4, 0.5) is 15.8 Å². The number of hydrogen-bond acceptors (Lipinski definition) is 3. The minimum absolute atomic E-state index is 0.160. The summed E-state index contributed by atoms with van der Waals surface area (Å²) in [5.74, 6) is 0.314. The summed E-state index contributed by atoms with van der Waals surface area (Å²) in [7, 11) is 1.87. The zero-order chi connectivity index (χ0) is 15.0. The van der Waals surface area contributed by atoms with Crippen LogP contribution in [0.5, 0.6) is 0 Å². The highest BCUT2D eigenvalue weighted by molar-refractivity contribution is 5.83. The maximum absolute atomic E-state index is 13.0. The van der Waals surface area contributed by atoms with Crippen molar-refractivity contribution in [3.05, 3.63) is 64.5 Å². The van der Waals surface area contributed by atoms with Crippen molar-refractivity contribution < 1.29 is 4.39 Å². The van der Waals surface area contributed by atoms with Crippen LogP contribution in [0.15, 0.2) is 47.3 Å². The molecule has 1 aromatic heterocycles. The van der Waals surface area contributed by atoms with Gasteiger partial charge in [0.1, 0.15) is 11.6 Å². The first kappa shape index (κ1) is 13.3. The van der Waals surface area contributed by atoms with Crippen molar-refractivity contribution in [2.75, 3.05) is 11.9 Å². The van der Waals surface area contributed by atoms with Crippen molar-refractivity contribution in [1.29, 1.82) is 0 Å². The Kier molecular flexibility index (Phi) is 3.17. The minimum atomic E-state index is -0.276. The fraction of sp³-hybridized carbons (Fsp3) is 0.125. The first-order valence-electron chi connectivity index (χ1n) is 6.54. The topological polar surface area (TPSA) is 49.0 Å². The molecule has 0 unspecified atom stereocenters. The molecule has 0 atom stereocenters. The summed E-state index contributed by atoms with van der Waals surface area (Å²) in [5, 5.41) is 0.534. The lowest BCUT2D eigenvalue weighted by Crippen LogP contribution is -2.13. The predicted octanol–water partition coefficient (Wildman–Crippen LogP) is 3.14. The molecular weight excluding hydrogens is 269 g/mol. The normalized spacial score (nSPS) is 10.8. The molecule has 106 valence electrons. The molecule has 21 heavy (non-hydrogen) atoms. The molecule has 1 heterocycles. The second kappa shape index (κ2) is 5.01. The van der Waals surface area contributed by atoms with Gasteiger partial charge in [0.25, 0.3) is 5.56 Å². The average molecular weight is 283 g/mol. The molecule has 5 heteroatoms. The van der Waals surface area contributed by atoms with Crippen molar-refractivity contribution >= 4 is 22.3 Å². The second-order valence-corrected chi connectivity index (χ2v) is 4.89. The van der Waals surface area contributed by atoms with Crippen LogP contribution in [0, 0.1) is 12.7 Å². The summed E-state index contributed by atoms with van der Waals surface area (Å²) < 4.78 is 13.0. The highest BCUT2D eigenvalue weighted by Gasteiger charge is 2.08. The lowest BCUT2D eigenvalue weighted by atomic mass is 10.2. The number of aryl methyl sites for hydroxylation is 1. The summed E-state index contributed by atoms with van der Waals surface area (Å²) >= 11 is 0. The Morgan fingerprint density at radius 2 is 1.76 bits per heavy atom.